The number of nitrogens with zero attached hydrogens (tertiary/aromatic N) is 3. The molecule has 1 aromatic carbocycles. The van der Waals surface area contributed by atoms with Crippen molar-refractivity contribution in [3.63, 3.8) is 0 Å². The van der Waals surface area contributed by atoms with Crippen molar-refractivity contribution in [1.29, 1.82) is 0 Å². The number of carbonyl (C=O) groups excluding carboxylic acids is 1. The van der Waals surface area contributed by atoms with Crippen molar-refractivity contribution in [3.05, 3.63) is 41.6 Å². The fraction of sp³-hybridized carbons (Fsp3) is 0.316. The Balaban J connectivity index is 1.37. The van der Waals surface area contributed by atoms with Crippen LogP contribution in [-0.4, -0.2) is 35.3 Å². The fourth-order valence-electron chi connectivity index (χ4n) is 3.29. The van der Waals surface area contributed by atoms with E-state index in [0.717, 1.165) is 17.2 Å². The van der Waals surface area contributed by atoms with Crippen LogP contribution in [0.15, 0.2) is 36.5 Å². The summed E-state index contributed by atoms with van der Waals surface area (Å²) in [6.07, 6.45) is -1.85. The highest BCUT2D eigenvalue weighted by Crippen LogP contribution is 2.32. The van der Waals surface area contributed by atoms with Gasteiger partial charge in [-0.3, -0.25) is 4.79 Å². The fourth-order valence-corrected chi connectivity index (χ4v) is 4.30. The smallest absolute Gasteiger partial charge is 0.406 e. The average molecular weight is 457 g/mol. The van der Waals surface area contributed by atoms with Crippen molar-refractivity contribution in [2.75, 3.05) is 23.3 Å². The van der Waals surface area contributed by atoms with E-state index in [1.807, 2.05) is 6.07 Å². The molecule has 11 heteroatoms. The van der Waals surface area contributed by atoms with Crippen LogP contribution in [0.5, 0.6) is 5.75 Å². The minimum absolute atomic E-state index is 0.149. The molecule has 1 saturated heterocycles. The molecule has 1 aliphatic heterocycles. The van der Waals surface area contributed by atoms with Gasteiger partial charge in [0.25, 0.3) is 0 Å². The van der Waals surface area contributed by atoms with Gasteiger partial charge in [-0.1, -0.05) is 22.9 Å². The van der Waals surface area contributed by atoms with Crippen LogP contribution in [0.25, 0.3) is 10.2 Å². The lowest BCUT2D eigenvalue weighted by molar-refractivity contribution is -0.274. The molecule has 1 amide bonds. The maximum Gasteiger partial charge on any atom is 0.573 e. The number of fused-ring (bicyclic) bond motifs is 1. The number of hydrogen-bond acceptors (Lipinski definition) is 6. The summed E-state index contributed by atoms with van der Waals surface area (Å²) in [6, 6.07) is 7.51. The molecule has 158 valence electrons. The molecule has 30 heavy (non-hydrogen) atoms. The number of halogens is 4. The lowest BCUT2D eigenvalue weighted by atomic mass is 9.96. The molecule has 3 heterocycles. The first-order valence-electron chi connectivity index (χ1n) is 9.10. The van der Waals surface area contributed by atoms with Crippen molar-refractivity contribution >= 4 is 50.0 Å². The summed E-state index contributed by atoms with van der Waals surface area (Å²) >= 11 is 6.97. The van der Waals surface area contributed by atoms with Gasteiger partial charge in [0.2, 0.25) is 5.91 Å². The zero-order valence-corrected chi connectivity index (χ0v) is 17.0. The van der Waals surface area contributed by atoms with Crippen molar-refractivity contribution in [3.8, 4) is 5.75 Å². The van der Waals surface area contributed by atoms with Gasteiger partial charge < -0.3 is 15.0 Å². The van der Waals surface area contributed by atoms with Gasteiger partial charge in [0.1, 0.15) is 11.6 Å². The molecule has 1 aliphatic rings. The van der Waals surface area contributed by atoms with E-state index >= 15 is 0 Å². The van der Waals surface area contributed by atoms with Gasteiger partial charge >= 0.3 is 6.36 Å². The topological polar surface area (TPSA) is 67.3 Å². The number of ether oxygens (including phenoxy) is 1. The SMILES string of the molecule is O=C(Nc1nc2ccc(OC(F)(F)F)cc2s1)C1CCN(c2ccc(Cl)cn2)CC1. The maximum absolute atomic E-state index is 12.6. The molecule has 0 unspecified atom stereocenters. The summed E-state index contributed by atoms with van der Waals surface area (Å²) in [7, 11) is 0. The Morgan fingerprint density at radius 1 is 1.23 bits per heavy atom. The summed E-state index contributed by atoms with van der Waals surface area (Å²) in [4.78, 5) is 23.3. The molecule has 0 saturated carbocycles. The number of piperidine rings is 1. The second-order valence-corrected chi connectivity index (χ2v) is 8.25. The summed E-state index contributed by atoms with van der Waals surface area (Å²) < 4.78 is 41.5. The van der Waals surface area contributed by atoms with Crippen LogP contribution in [0.4, 0.5) is 24.1 Å². The molecule has 1 fully saturated rings. The summed E-state index contributed by atoms with van der Waals surface area (Å²) in [5.41, 5.74) is 0.494. The van der Waals surface area contributed by atoms with Crippen molar-refractivity contribution in [1.82, 2.24) is 9.97 Å². The third kappa shape index (κ3) is 4.93. The first kappa shape index (κ1) is 20.7. The van der Waals surface area contributed by atoms with Crippen LogP contribution in [0.3, 0.4) is 0 Å². The van der Waals surface area contributed by atoms with E-state index < -0.39 is 6.36 Å². The minimum atomic E-state index is -4.76. The highest BCUT2D eigenvalue weighted by atomic mass is 35.5. The van der Waals surface area contributed by atoms with E-state index in [1.165, 1.54) is 18.2 Å². The Labute approximate surface area is 178 Å². The highest BCUT2D eigenvalue weighted by molar-refractivity contribution is 7.22. The average Bonchev–Trinajstić information content (AvgIpc) is 3.09. The third-order valence-corrected chi connectivity index (χ3v) is 5.88. The first-order valence-corrected chi connectivity index (χ1v) is 10.3. The number of rotatable bonds is 4. The van der Waals surface area contributed by atoms with Crippen LogP contribution >= 0.6 is 22.9 Å². The van der Waals surface area contributed by atoms with Gasteiger partial charge in [0.05, 0.1) is 15.2 Å². The molecule has 1 N–H and O–H groups in total. The standard InChI is InChI=1S/C19H16ClF3N4O2S/c20-12-1-4-16(24-10-12)27-7-5-11(6-8-27)17(28)26-18-25-14-3-2-13(9-15(14)30-18)29-19(21,22)23/h1-4,9-11H,5-8H2,(H,25,26,28). The molecule has 2 aromatic heterocycles. The van der Waals surface area contributed by atoms with Crippen LogP contribution in [0.2, 0.25) is 5.02 Å². The Bertz CT molecular complexity index is 1050. The zero-order valence-electron chi connectivity index (χ0n) is 15.4. The Morgan fingerprint density at radius 2 is 2.00 bits per heavy atom. The molecule has 0 spiro atoms. The predicted octanol–water partition coefficient (Wildman–Crippen LogP) is 5.10. The number of alkyl halides is 3. The maximum atomic E-state index is 12.6. The van der Waals surface area contributed by atoms with E-state index in [2.05, 4.69) is 24.9 Å². The van der Waals surface area contributed by atoms with Gasteiger partial charge in [-0.25, -0.2) is 9.97 Å². The molecule has 3 aromatic rings. The highest BCUT2D eigenvalue weighted by Gasteiger charge is 2.31. The summed E-state index contributed by atoms with van der Waals surface area (Å²) in [5.74, 6) is 0.176. The molecule has 6 nitrogen and oxygen atoms in total. The molecule has 0 bridgehead atoms. The van der Waals surface area contributed by atoms with E-state index in [0.29, 0.717) is 46.3 Å². The molecule has 0 radical (unpaired) electrons. The van der Waals surface area contributed by atoms with E-state index in [9.17, 15) is 18.0 Å². The number of pyridine rings is 1. The van der Waals surface area contributed by atoms with E-state index in [4.69, 9.17) is 11.6 Å². The van der Waals surface area contributed by atoms with Gasteiger partial charge in [0, 0.05) is 31.3 Å². The van der Waals surface area contributed by atoms with Crippen LogP contribution < -0.4 is 15.0 Å². The zero-order chi connectivity index (χ0) is 21.3. The minimum Gasteiger partial charge on any atom is -0.406 e. The molecular formula is C19H16ClF3N4O2S. The van der Waals surface area contributed by atoms with Crippen molar-refractivity contribution in [2.45, 2.75) is 19.2 Å². The number of hydrogen-bond donors (Lipinski definition) is 1. The number of carbonyl (C=O) groups is 1. The van der Waals surface area contributed by atoms with E-state index in [1.54, 1.807) is 12.3 Å². The second-order valence-electron chi connectivity index (χ2n) is 6.78. The molecule has 4 rings (SSSR count). The quantitative estimate of drug-likeness (QED) is 0.591. The molecule has 0 atom stereocenters. The summed E-state index contributed by atoms with van der Waals surface area (Å²) in [6.45, 7) is 1.37. The number of amides is 1. The number of nitrogens with one attached hydrogen (secondary N) is 1. The van der Waals surface area contributed by atoms with Crippen molar-refractivity contribution < 1.29 is 22.7 Å². The molecular weight excluding hydrogens is 441 g/mol. The number of aromatic nitrogens is 2. The Morgan fingerprint density at radius 3 is 2.67 bits per heavy atom. The lowest BCUT2D eigenvalue weighted by Crippen LogP contribution is -2.38. The Kier molecular flexibility index (Phi) is 5.70. The van der Waals surface area contributed by atoms with Crippen molar-refractivity contribution in [2.24, 2.45) is 5.92 Å². The van der Waals surface area contributed by atoms with Crippen LogP contribution in [-0.2, 0) is 4.79 Å². The lowest BCUT2D eigenvalue weighted by Gasteiger charge is -2.31. The largest absolute Gasteiger partial charge is 0.573 e. The first-order chi connectivity index (χ1) is 14.3. The number of benzene rings is 1. The van der Waals surface area contributed by atoms with Gasteiger partial charge in [-0.15, -0.1) is 13.2 Å². The molecule has 0 aliphatic carbocycles. The van der Waals surface area contributed by atoms with Gasteiger partial charge in [-0.05, 0) is 37.1 Å². The Hall–Kier alpha value is -2.59. The van der Waals surface area contributed by atoms with Crippen LogP contribution in [0.1, 0.15) is 12.8 Å². The monoisotopic (exact) mass is 456 g/mol. The van der Waals surface area contributed by atoms with Gasteiger partial charge in [0.15, 0.2) is 5.13 Å². The number of thiazole rings is 1. The third-order valence-electron chi connectivity index (χ3n) is 4.73. The normalized spacial score (nSPS) is 15.4. The second kappa shape index (κ2) is 8.27. The van der Waals surface area contributed by atoms with Gasteiger partial charge in [-0.2, -0.15) is 0 Å². The van der Waals surface area contributed by atoms with Crippen LogP contribution in [0, 0.1) is 5.92 Å². The van der Waals surface area contributed by atoms with E-state index in [-0.39, 0.29) is 17.6 Å². The number of anilines is 2. The summed E-state index contributed by atoms with van der Waals surface area (Å²) in [5, 5.41) is 3.70. The predicted molar refractivity (Wildman–Crippen MR) is 109 cm³/mol.